The second-order valence-corrected chi connectivity index (χ2v) is 6.38. The molecule has 0 aliphatic rings. The molecule has 21 heavy (non-hydrogen) atoms. The van der Waals surface area contributed by atoms with Crippen LogP contribution in [-0.4, -0.2) is 11.7 Å². The summed E-state index contributed by atoms with van der Waals surface area (Å²) in [5.41, 5.74) is 2.26. The molecule has 0 spiro atoms. The van der Waals surface area contributed by atoms with Crippen molar-refractivity contribution in [2.45, 2.75) is 33.2 Å². The summed E-state index contributed by atoms with van der Waals surface area (Å²) in [5.74, 6) is -0.0456. The Morgan fingerprint density at radius 3 is 2.33 bits per heavy atom. The molecule has 1 aromatic heterocycles. The van der Waals surface area contributed by atoms with Crippen molar-refractivity contribution in [1.29, 1.82) is 0 Å². The molecule has 1 amide bonds. The van der Waals surface area contributed by atoms with Crippen molar-refractivity contribution in [1.82, 2.24) is 5.32 Å². The van der Waals surface area contributed by atoms with Crippen molar-refractivity contribution in [3.05, 3.63) is 57.3 Å². The van der Waals surface area contributed by atoms with Gasteiger partial charge in [0.15, 0.2) is 5.78 Å². The normalized spacial score (nSPS) is 10.4. The number of carbonyl (C=O) groups excluding carboxylic acids is 2. The zero-order valence-corrected chi connectivity index (χ0v) is 13.1. The van der Waals surface area contributed by atoms with Gasteiger partial charge in [0.1, 0.15) is 0 Å². The van der Waals surface area contributed by atoms with Gasteiger partial charge in [-0.3, -0.25) is 9.59 Å². The fourth-order valence-electron chi connectivity index (χ4n) is 1.93. The van der Waals surface area contributed by atoms with Gasteiger partial charge in [-0.25, -0.2) is 0 Å². The Morgan fingerprint density at radius 1 is 1.00 bits per heavy atom. The van der Waals surface area contributed by atoms with Gasteiger partial charge in [-0.05, 0) is 31.5 Å². The highest BCUT2D eigenvalue weighted by molar-refractivity contribution is 7.14. The lowest BCUT2D eigenvalue weighted by Crippen LogP contribution is -2.23. The van der Waals surface area contributed by atoms with Gasteiger partial charge in [0.2, 0.25) is 5.91 Å². The zero-order valence-electron chi connectivity index (χ0n) is 12.3. The fourth-order valence-corrected chi connectivity index (χ4v) is 2.76. The van der Waals surface area contributed by atoms with Crippen LogP contribution in [0.5, 0.6) is 0 Å². The van der Waals surface area contributed by atoms with Gasteiger partial charge >= 0.3 is 0 Å². The number of amides is 1. The third-order valence-electron chi connectivity index (χ3n) is 3.20. The Labute approximate surface area is 129 Å². The van der Waals surface area contributed by atoms with Crippen LogP contribution in [0.15, 0.2) is 36.4 Å². The molecule has 1 heterocycles. The maximum absolute atomic E-state index is 11.9. The van der Waals surface area contributed by atoms with Crippen molar-refractivity contribution >= 4 is 23.0 Å². The first-order chi connectivity index (χ1) is 10.0. The second kappa shape index (κ2) is 7.18. The Morgan fingerprint density at radius 2 is 1.71 bits per heavy atom. The molecule has 1 aromatic carbocycles. The Kier molecular flexibility index (Phi) is 5.28. The molecule has 0 unspecified atom stereocenters. The summed E-state index contributed by atoms with van der Waals surface area (Å²) in [4.78, 5) is 25.5. The number of rotatable bonds is 6. The number of carbonyl (C=O) groups is 2. The number of aryl methyl sites for hydroxylation is 2. The minimum absolute atomic E-state index is 0.0404. The van der Waals surface area contributed by atoms with Crippen molar-refractivity contribution in [3.63, 3.8) is 0 Å². The Balaban J connectivity index is 1.74. The van der Waals surface area contributed by atoms with E-state index in [0.29, 0.717) is 6.54 Å². The third kappa shape index (κ3) is 4.83. The summed E-state index contributed by atoms with van der Waals surface area (Å²) in [6.45, 7) is 4.50. The molecule has 2 rings (SSSR count). The van der Waals surface area contributed by atoms with Crippen LogP contribution in [-0.2, 0) is 11.3 Å². The molecule has 0 aliphatic heterocycles. The highest BCUT2D eigenvalue weighted by Gasteiger charge is 2.10. The smallest absolute Gasteiger partial charge is 0.220 e. The molecule has 0 saturated carbocycles. The van der Waals surface area contributed by atoms with E-state index in [-0.39, 0.29) is 24.5 Å². The van der Waals surface area contributed by atoms with Gasteiger partial charge in [-0.1, -0.05) is 29.8 Å². The largest absolute Gasteiger partial charge is 0.352 e. The lowest BCUT2D eigenvalue weighted by atomic mass is 10.1. The average Bonchev–Trinajstić information content (AvgIpc) is 2.91. The van der Waals surface area contributed by atoms with E-state index in [9.17, 15) is 9.59 Å². The van der Waals surface area contributed by atoms with Gasteiger partial charge in [0, 0.05) is 24.3 Å². The lowest BCUT2D eigenvalue weighted by Gasteiger charge is -2.05. The van der Waals surface area contributed by atoms with Crippen LogP contribution in [0.3, 0.4) is 0 Å². The maximum Gasteiger partial charge on any atom is 0.220 e. The standard InChI is InChI=1S/C17H19NO2S/c1-12-3-6-14(7-4-12)11-18-17(20)10-8-15(19)16-9-5-13(2)21-16/h3-7,9H,8,10-11H2,1-2H3,(H,18,20). The molecule has 0 bridgehead atoms. The number of benzene rings is 1. The third-order valence-corrected chi connectivity index (χ3v) is 4.25. The van der Waals surface area contributed by atoms with Gasteiger partial charge in [-0.15, -0.1) is 11.3 Å². The monoisotopic (exact) mass is 301 g/mol. The van der Waals surface area contributed by atoms with Crippen LogP contribution in [0, 0.1) is 13.8 Å². The van der Waals surface area contributed by atoms with Crippen LogP contribution < -0.4 is 5.32 Å². The van der Waals surface area contributed by atoms with Crippen molar-refractivity contribution in [3.8, 4) is 0 Å². The summed E-state index contributed by atoms with van der Waals surface area (Å²) in [6, 6.07) is 11.8. The summed E-state index contributed by atoms with van der Waals surface area (Å²) >= 11 is 1.48. The summed E-state index contributed by atoms with van der Waals surface area (Å²) < 4.78 is 0. The van der Waals surface area contributed by atoms with E-state index < -0.39 is 0 Å². The highest BCUT2D eigenvalue weighted by Crippen LogP contribution is 2.17. The number of hydrogen-bond donors (Lipinski definition) is 1. The zero-order chi connectivity index (χ0) is 15.2. The molecule has 4 heteroatoms. The molecular weight excluding hydrogens is 282 g/mol. The van der Waals surface area contributed by atoms with Gasteiger partial charge < -0.3 is 5.32 Å². The second-order valence-electron chi connectivity index (χ2n) is 5.10. The molecule has 0 aliphatic carbocycles. The number of ketones is 1. The minimum atomic E-state index is -0.0859. The van der Waals surface area contributed by atoms with Gasteiger partial charge in [0.25, 0.3) is 0 Å². The molecule has 1 N–H and O–H groups in total. The Hall–Kier alpha value is -1.94. The Bertz CT molecular complexity index is 628. The number of hydrogen-bond acceptors (Lipinski definition) is 3. The first-order valence-corrected chi connectivity index (χ1v) is 7.78. The predicted octanol–water partition coefficient (Wildman–Crippen LogP) is 3.64. The lowest BCUT2D eigenvalue weighted by molar-refractivity contribution is -0.121. The first kappa shape index (κ1) is 15.4. The SMILES string of the molecule is Cc1ccc(CNC(=O)CCC(=O)c2ccc(C)s2)cc1. The van der Waals surface area contributed by atoms with Crippen LogP contribution in [0.2, 0.25) is 0 Å². The molecular formula is C17H19NO2S. The van der Waals surface area contributed by atoms with Crippen LogP contribution >= 0.6 is 11.3 Å². The molecule has 2 aromatic rings. The summed E-state index contributed by atoms with van der Waals surface area (Å²) in [6.07, 6.45) is 0.501. The molecule has 0 atom stereocenters. The van der Waals surface area contributed by atoms with Crippen LogP contribution in [0.25, 0.3) is 0 Å². The fraction of sp³-hybridized carbons (Fsp3) is 0.294. The quantitative estimate of drug-likeness (QED) is 0.828. The summed E-state index contributed by atoms with van der Waals surface area (Å²) in [5, 5.41) is 2.84. The maximum atomic E-state index is 11.9. The van der Waals surface area contributed by atoms with Gasteiger partial charge in [-0.2, -0.15) is 0 Å². The average molecular weight is 301 g/mol. The molecule has 0 radical (unpaired) electrons. The number of Topliss-reactive ketones (excluding diaryl/α,β-unsaturated/α-hetero) is 1. The van der Waals surface area contributed by atoms with E-state index in [2.05, 4.69) is 5.32 Å². The van der Waals surface area contributed by atoms with E-state index in [0.717, 1.165) is 15.3 Å². The van der Waals surface area contributed by atoms with Crippen molar-refractivity contribution in [2.24, 2.45) is 0 Å². The van der Waals surface area contributed by atoms with E-state index in [1.807, 2.05) is 50.2 Å². The number of thiophene rings is 1. The predicted molar refractivity (Wildman–Crippen MR) is 85.6 cm³/mol. The molecule has 3 nitrogen and oxygen atoms in total. The van der Waals surface area contributed by atoms with Crippen molar-refractivity contribution in [2.75, 3.05) is 0 Å². The van der Waals surface area contributed by atoms with Crippen LogP contribution in [0.4, 0.5) is 0 Å². The molecule has 0 fully saturated rings. The van der Waals surface area contributed by atoms with E-state index >= 15 is 0 Å². The summed E-state index contributed by atoms with van der Waals surface area (Å²) in [7, 11) is 0. The number of nitrogens with one attached hydrogen (secondary N) is 1. The molecule has 110 valence electrons. The minimum Gasteiger partial charge on any atom is -0.352 e. The van der Waals surface area contributed by atoms with Crippen molar-refractivity contribution < 1.29 is 9.59 Å². The van der Waals surface area contributed by atoms with E-state index in [4.69, 9.17) is 0 Å². The topological polar surface area (TPSA) is 46.2 Å². The van der Waals surface area contributed by atoms with Gasteiger partial charge in [0.05, 0.1) is 4.88 Å². The van der Waals surface area contributed by atoms with E-state index in [1.165, 1.54) is 16.9 Å². The first-order valence-electron chi connectivity index (χ1n) is 6.96. The van der Waals surface area contributed by atoms with Crippen LogP contribution in [0.1, 0.15) is 38.5 Å². The molecule has 0 saturated heterocycles. The highest BCUT2D eigenvalue weighted by atomic mass is 32.1. The van der Waals surface area contributed by atoms with E-state index in [1.54, 1.807) is 0 Å².